The van der Waals surface area contributed by atoms with Gasteiger partial charge in [0.05, 0.1) is 18.8 Å². The average Bonchev–Trinajstić information content (AvgIpc) is 2.73. The largest absolute Gasteiger partial charge is 0.497 e. The number of methoxy groups -OCH3 is 1. The van der Waals surface area contributed by atoms with Gasteiger partial charge in [0.2, 0.25) is 0 Å². The molecule has 0 aliphatic rings. The van der Waals surface area contributed by atoms with E-state index in [0.29, 0.717) is 11.3 Å². The summed E-state index contributed by atoms with van der Waals surface area (Å²) < 4.78 is 35.1. The zero-order chi connectivity index (χ0) is 20.9. The summed E-state index contributed by atoms with van der Waals surface area (Å²) >= 11 is 0. The molecule has 6 heteroatoms. The Kier molecular flexibility index (Phi) is 6.01. The van der Waals surface area contributed by atoms with Crippen LogP contribution in [0.15, 0.2) is 77.7 Å². The predicted molar refractivity (Wildman–Crippen MR) is 112 cm³/mol. The molecule has 0 N–H and O–H groups in total. The van der Waals surface area contributed by atoms with Crippen LogP contribution in [0.4, 0.5) is 0 Å². The van der Waals surface area contributed by atoms with Crippen LogP contribution < -0.4 is 8.92 Å². The van der Waals surface area contributed by atoms with E-state index in [1.807, 2.05) is 6.92 Å². The molecule has 0 radical (unpaired) electrons. The number of nitrogens with zero attached hydrogens (tertiary/aromatic N) is 1. The fraction of sp³-hybridized carbons (Fsp3) is 0.0870. The summed E-state index contributed by atoms with van der Waals surface area (Å²) in [5, 5.41) is 9.47. The molecule has 146 valence electrons. The van der Waals surface area contributed by atoms with Gasteiger partial charge in [0.25, 0.3) is 0 Å². The van der Waals surface area contributed by atoms with Crippen molar-refractivity contribution in [1.29, 1.82) is 5.26 Å². The van der Waals surface area contributed by atoms with Crippen LogP contribution in [0.2, 0.25) is 0 Å². The third kappa shape index (κ3) is 5.03. The van der Waals surface area contributed by atoms with Crippen molar-refractivity contribution in [2.24, 2.45) is 0 Å². The molecule has 0 aromatic heterocycles. The van der Waals surface area contributed by atoms with Crippen molar-refractivity contribution in [1.82, 2.24) is 0 Å². The van der Waals surface area contributed by atoms with E-state index in [2.05, 4.69) is 6.07 Å². The molecule has 0 saturated carbocycles. The Hall–Kier alpha value is -3.56. The number of nitriles is 1. The lowest BCUT2D eigenvalue weighted by Gasteiger charge is -2.08. The first-order valence-corrected chi connectivity index (χ1v) is 10.2. The van der Waals surface area contributed by atoms with Crippen molar-refractivity contribution in [3.63, 3.8) is 0 Å². The fourth-order valence-corrected chi connectivity index (χ4v) is 3.55. The van der Waals surface area contributed by atoms with Crippen LogP contribution in [0.25, 0.3) is 11.6 Å². The van der Waals surface area contributed by atoms with Crippen molar-refractivity contribution in [3.05, 3.63) is 89.5 Å². The second-order valence-corrected chi connectivity index (χ2v) is 7.86. The molecule has 0 spiro atoms. The summed E-state index contributed by atoms with van der Waals surface area (Å²) in [4.78, 5) is 0.0957. The Labute approximate surface area is 170 Å². The minimum atomic E-state index is -3.90. The number of hydrogen-bond acceptors (Lipinski definition) is 5. The normalized spacial score (nSPS) is 11.6. The molecule has 0 atom stereocenters. The van der Waals surface area contributed by atoms with E-state index in [1.54, 1.807) is 73.8 Å². The molecule has 0 aliphatic heterocycles. The van der Waals surface area contributed by atoms with Crippen LogP contribution in [0, 0.1) is 18.3 Å². The Bertz CT molecular complexity index is 1160. The highest BCUT2D eigenvalue weighted by atomic mass is 32.2. The van der Waals surface area contributed by atoms with Crippen LogP contribution in [0.1, 0.15) is 16.7 Å². The van der Waals surface area contributed by atoms with Gasteiger partial charge in [-0.25, -0.2) is 0 Å². The smallest absolute Gasteiger partial charge is 0.339 e. The van der Waals surface area contributed by atoms with E-state index in [-0.39, 0.29) is 10.6 Å². The Morgan fingerprint density at radius 3 is 2.03 bits per heavy atom. The lowest BCUT2D eigenvalue weighted by molar-refractivity contribution is 0.415. The third-order valence-corrected chi connectivity index (χ3v) is 5.49. The fourth-order valence-electron chi connectivity index (χ4n) is 2.62. The van der Waals surface area contributed by atoms with E-state index >= 15 is 0 Å². The van der Waals surface area contributed by atoms with E-state index in [9.17, 15) is 13.7 Å². The monoisotopic (exact) mass is 405 g/mol. The maximum Gasteiger partial charge on any atom is 0.339 e. The number of benzene rings is 3. The lowest BCUT2D eigenvalue weighted by Crippen LogP contribution is -2.09. The minimum Gasteiger partial charge on any atom is -0.497 e. The number of rotatable bonds is 6. The molecule has 0 saturated heterocycles. The van der Waals surface area contributed by atoms with Gasteiger partial charge in [0.1, 0.15) is 16.4 Å². The van der Waals surface area contributed by atoms with Crippen LogP contribution in [0.3, 0.4) is 0 Å². The van der Waals surface area contributed by atoms with Gasteiger partial charge in [-0.05, 0) is 72.7 Å². The molecule has 3 aromatic rings. The van der Waals surface area contributed by atoms with Gasteiger partial charge in [-0.2, -0.15) is 13.7 Å². The topological polar surface area (TPSA) is 76.4 Å². The first-order valence-electron chi connectivity index (χ1n) is 8.79. The molecule has 0 bridgehead atoms. The van der Waals surface area contributed by atoms with Gasteiger partial charge in [0.15, 0.2) is 0 Å². The molecule has 3 aromatic carbocycles. The molecule has 3 rings (SSSR count). The summed E-state index contributed by atoms with van der Waals surface area (Å²) in [5.74, 6) is 0.910. The van der Waals surface area contributed by atoms with Crippen molar-refractivity contribution in [2.45, 2.75) is 11.8 Å². The Morgan fingerprint density at radius 1 is 0.897 bits per heavy atom. The molecule has 0 amide bonds. The van der Waals surface area contributed by atoms with E-state index in [4.69, 9.17) is 8.92 Å². The summed E-state index contributed by atoms with van der Waals surface area (Å²) in [7, 11) is -2.32. The van der Waals surface area contributed by atoms with Crippen LogP contribution in [-0.2, 0) is 10.1 Å². The number of ether oxygens (including phenoxy) is 1. The van der Waals surface area contributed by atoms with E-state index in [1.165, 1.54) is 12.1 Å². The predicted octanol–water partition coefficient (Wildman–Crippen LogP) is 4.84. The molecule has 5 nitrogen and oxygen atoms in total. The zero-order valence-electron chi connectivity index (χ0n) is 16.0. The van der Waals surface area contributed by atoms with E-state index < -0.39 is 10.1 Å². The molecular weight excluding hydrogens is 386 g/mol. The van der Waals surface area contributed by atoms with Crippen molar-refractivity contribution in [2.75, 3.05) is 7.11 Å². The van der Waals surface area contributed by atoms with Crippen molar-refractivity contribution >= 4 is 21.8 Å². The summed E-state index contributed by atoms with van der Waals surface area (Å²) in [5.41, 5.74) is 2.95. The second kappa shape index (κ2) is 8.63. The van der Waals surface area contributed by atoms with Gasteiger partial charge in [-0.15, -0.1) is 0 Å². The summed E-state index contributed by atoms with van der Waals surface area (Å²) in [6.45, 7) is 1.88. The summed E-state index contributed by atoms with van der Waals surface area (Å²) in [6.07, 6.45) is 1.72. The lowest BCUT2D eigenvalue weighted by atomic mass is 10.0. The van der Waals surface area contributed by atoms with Crippen LogP contribution >= 0.6 is 0 Å². The average molecular weight is 405 g/mol. The van der Waals surface area contributed by atoms with Crippen LogP contribution in [0.5, 0.6) is 11.5 Å². The maximum atomic E-state index is 12.4. The molecule has 0 heterocycles. The highest BCUT2D eigenvalue weighted by molar-refractivity contribution is 7.87. The second-order valence-electron chi connectivity index (χ2n) is 6.32. The molecule has 29 heavy (non-hydrogen) atoms. The van der Waals surface area contributed by atoms with Gasteiger partial charge in [-0.3, -0.25) is 0 Å². The van der Waals surface area contributed by atoms with E-state index in [0.717, 1.165) is 16.7 Å². The quantitative estimate of drug-likeness (QED) is 0.333. The summed E-state index contributed by atoms with van der Waals surface area (Å²) in [6, 6.07) is 22.3. The van der Waals surface area contributed by atoms with Crippen molar-refractivity contribution < 1.29 is 17.3 Å². The molecule has 0 unspecified atom stereocenters. The Morgan fingerprint density at radius 2 is 1.48 bits per heavy atom. The number of hydrogen-bond donors (Lipinski definition) is 0. The van der Waals surface area contributed by atoms with Crippen molar-refractivity contribution in [3.8, 4) is 17.6 Å². The molecular formula is C23H19NO4S. The first-order chi connectivity index (χ1) is 13.9. The molecule has 0 fully saturated rings. The minimum absolute atomic E-state index is 0.0957. The third-order valence-electron chi connectivity index (χ3n) is 4.23. The highest BCUT2D eigenvalue weighted by Crippen LogP contribution is 2.23. The first kappa shape index (κ1) is 20.2. The zero-order valence-corrected chi connectivity index (χ0v) is 16.8. The highest BCUT2D eigenvalue weighted by Gasteiger charge is 2.16. The van der Waals surface area contributed by atoms with Gasteiger partial charge >= 0.3 is 10.1 Å². The SMILES string of the molecule is COc1ccc(/C(C#N)=C/c2ccc(OS(=O)(=O)c3ccc(C)cc3)cc2)cc1. The van der Waals surface area contributed by atoms with Crippen LogP contribution in [-0.4, -0.2) is 15.5 Å². The number of aryl methyl sites for hydroxylation is 1. The van der Waals surface area contributed by atoms with Gasteiger partial charge in [0, 0.05) is 0 Å². The maximum absolute atomic E-state index is 12.4. The van der Waals surface area contributed by atoms with Gasteiger partial charge in [-0.1, -0.05) is 29.8 Å². The molecule has 0 aliphatic carbocycles. The standard InChI is InChI=1S/C23H19NO4S/c1-17-3-13-23(14-4-17)29(25,26)28-22-9-5-18(6-10-22)15-20(16-24)19-7-11-21(27-2)12-8-19/h3-15H,1-2H3/b20-15+. The van der Waals surface area contributed by atoms with Gasteiger partial charge < -0.3 is 8.92 Å². The number of allylic oxidation sites excluding steroid dienone is 1. The Balaban J connectivity index is 1.79.